The SMILES string of the molecule is C=C/C(Oc1nc2c(c(=O)n(CCCO)c(=O)n2C)n1Cc1ccc(F)cc1)=C(\C=C)C(C)C. The summed E-state index contributed by atoms with van der Waals surface area (Å²) >= 11 is 0. The summed E-state index contributed by atoms with van der Waals surface area (Å²) in [6, 6.07) is 5.94. The molecule has 0 spiro atoms. The molecular formula is C25H29FN4O4. The molecule has 0 radical (unpaired) electrons. The van der Waals surface area contributed by atoms with E-state index < -0.39 is 11.2 Å². The van der Waals surface area contributed by atoms with Crippen LogP contribution in [0.5, 0.6) is 6.01 Å². The molecule has 3 aromatic rings. The molecule has 0 aliphatic rings. The average molecular weight is 469 g/mol. The van der Waals surface area contributed by atoms with Crippen LogP contribution < -0.4 is 16.0 Å². The molecule has 1 N–H and O–H groups in total. The van der Waals surface area contributed by atoms with Crippen LogP contribution in [0.2, 0.25) is 0 Å². The van der Waals surface area contributed by atoms with Gasteiger partial charge in [-0.25, -0.2) is 9.18 Å². The molecule has 9 heteroatoms. The standard InChI is InChI=1S/C25H29FN4O4/c1-6-19(16(3)4)20(7-2)34-24-27-22-21(30(24)15-17-9-11-18(26)12-10-17)23(32)29(13-8-14-31)25(33)28(22)5/h6-7,9-12,16,31H,1-2,8,13-15H2,3-5H3/b20-19-. The molecule has 0 saturated heterocycles. The molecule has 0 aliphatic heterocycles. The molecule has 3 rings (SSSR count). The minimum atomic E-state index is -0.548. The van der Waals surface area contributed by atoms with Crippen molar-refractivity contribution < 1.29 is 14.2 Å². The highest BCUT2D eigenvalue weighted by Gasteiger charge is 2.22. The van der Waals surface area contributed by atoms with Crippen LogP contribution in [0.3, 0.4) is 0 Å². The van der Waals surface area contributed by atoms with Crippen LogP contribution in [-0.4, -0.2) is 30.4 Å². The van der Waals surface area contributed by atoms with Gasteiger partial charge in [-0.15, -0.1) is 0 Å². The number of ether oxygens (including phenoxy) is 1. The van der Waals surface area contributed by atoms with Crippen molar-refractivity contribution in [3.8, 4) is 6.01 Å². The number of halogens is 1. The number of hydrogen-bond donors (Lipinski definition) is 1. The van der Waals surface area contributed by atoms with Gasteiger partial charge in [-0.2, -0.15) is 4.98 Å². The number of nitrogens with zero attached hydrogens (tertiary/aromatic N) is 4. The van der Waals surface area contributed by atoms with E-state index in [-0.39, 0.29) is 55.0 Å². The molecular weight excluding hydrogens is 439 g/mol. The number of allylic oxidation sites excluding steroid dienone is 3. The number of rotatable bonds is 10. The maximum Gasteiger partial charge on any atom is 0.332 e. The van der Waals surface area contributed by atoms with Crippen LogP contribution in [-0.2, 0) is 20.1 Å². The zero-order valence-corrected chi connectivity index (χ0v) is 19.6. The molecule has 2 heterocycles. The van der Waals surface area contributed by atoms with Crippen LogP contribution in [0.4, 0.5) is 4.39 Å². The Morgan fingerprint density at radius 2 is 1.85 bits per heavy atom. The monoisotopic (exact) mass is 468 g/mol. The third-order valence-electron chi connectivity index (χ3n) is 5.50. The van der Waals surface area contributed by atoms with Crippen molar-refractivity contribution in [3.05, 3.63) is 93.1 Å². The van der Waals surface area contributed by atoms with Crippen molar-refractivity contribution >= 4 is 11.2 Å². The van der Waals surface area contributed by atoms with E-state index in [9.17, 15) is 19.1 Å². The fraction of sp³-hybridized carbons (Fsp3) is 0.320. The molecule has 0 aliphatic carbocycles. The highest BCUT2D eigenvalue weighted by atomic mass is 19.1. The Labute approximate surface area is 196 Å². The quantitative estimate of drug-likeness (QED) is 0.365. The maximum atomic E-state index is 13.5. The Balaban J connectivity index is 2.31. The summed E-state index contributed by atoms with van der Waals surface area (Å²) in [7, 11) is 1.52. The number of imidazole rings is 1. The van der Waals surface area contributed by atoms with Gasteiger partial charge in [0.25, 0.3) is 5.56 Å². The predicted molar refractivity (Wildman–Crippen MR) is 129 cm³/mol. The first-order valence-corrected chi connectivity index (χ1v) is 11.0. The average Bonchev–Trinajstić information content (AvgIpc) is 3.16. The molecule has 0 fully saturated rings. The van der Waals surface area contributed by atoms with Gasteiger partial charge in [-0.1, -0.05) is 45.2 Å². The number of aryl methyl sites for hydroxylation is 1. The van der Waals surface area contributed by atoms with Gasteiger partial charge in [0, 0.05) is 20.2 Å². The molecule has 0 atom stereocenters. The van der Waals surface area contributed by atoms with Crippen molar-refractivity contribution in [1.82, 2.24) is 18.7 Å². The topological polar surface area (TPSA) is 91.3 Å². The molecule has 0 saturated carbocycles. The van der Waals surface area contributed by atoms with Gasteiger partial charge in [0.2, 0.25) is 0 Å². The molecule has 2 aromatic heterocycles. The van der Waals surface area contributed by atoms with E-state index in [1.54, 1.807) is 22.8 Å². The third kappa shape index (κ3) is 4.79. The van der Waals surface area contributed by atoms with Crippen LogP contribution in [0, 0.1) is 11.7 Å². The van der Waals surface area contributed by atoms with Crippen LogP contribution in [0.15, 0.2) is 70.5 Å². The number of benzene rings is 1. The summed E-state index contributed by atoms with van der Waals surface area (Å²) in [5, 5.41) is 9.20. The number of aliphatic hydroxyl groups excluding tert-OH is 1. The Morgan fingerprint density at radius 1 is 1.18 bits per heavy atom. The molecule has 0 amide bonds. The molecule has 34 heavy (non-hydrogen) atoms. The van der Waals surface area contributed by atoms with Crippen molar-refractivity contribution in [2.24, 2.45) is 13.0 Å². The number of aliphatic hydroxyl groups is 1. The smallest absolute Gasteiger partial charge is 0.332 e. The van der Waals surface area contributed by atoms with E-state index in [4.69, 9.17) is 4.74 Å². The number of fused-ring (bicyclic) bond motifs is 1. The first-order valence-electron chi connectivity index (χ1n) is 11.0. The molecule has 0 unspecified atom stereocenters. The normalized spacial score (nSPS) is 12.2. The third-order valence-corrected chi connectivity index (χ3v) is 5.50. The Bertz CT molecular complexity index is 1360. The van der Waals surface area contributed by atoms with Gasteiger partial charge < -0.3 is 9.84 Å². The van der Waals surface area contributed by atoms with Crippen molar-refractivity contribution in [3.63, 3.8) is 0 Å². The summed E-state index contributed by atoms with van der Waals surface area (Å²) in [5.74, 6) is 0.126. The highest BCUT2D eigenvalue weighted by Crippen LogP contribution is 2.25. The lowest BCUT2D eigenvalue weighted by Gasteiger charge is -2.15. The molecule has 1 aromatic carbocycles. The van der Waals surface area contributed by atoms with Crippen LogP contribution in [0.25, 0.3) is 11.2 Å². The van der Waals surface area contributed by atoms with E-state index in [1.807, 2.05) is 13.8 Å². The Hall–Kier alpha value is -3.72. The van der Waals surface area contributed by atoms with Crippen molar-refractivity contribution in [2.45, 2.75) is 33.4 Å². The van der Waals surface area contributed by atoms with E-state index in [1.165, 1.54) is 29.8 Å². The first-order chi connectivity index (χ1) is 16.2. The van der Waals surface area contributed by atoms with Crippen molar-refractivity contribution in [2.75, 3.05) is 6.61 Å². The number of aromatic nitrogens is 4. The summed E-state index contributed by atoms with van der Waals surface area (Å²) < 4.78 is 23.5. The summed E-state index contributed by atoms with van der Waals surface area (Å²) in [6.45, 7) is 11.7. The minimum absolute atomic E-state index is 0.0572. The fourth-order valence-corrected chi connectivity index (χ4v) is 3.71. The predicted octanol–water partition coefficient (Wildman–Crippen LogP) is 3.13. The number of hydrogen-bond acceptors (Lipinski definition) is 5. The zero-order chi connectivity index (χ0) is 25.0. The second-order valence-electron chi connectivity index (χ2n) is 8.14. The van der Waals surface area contributed by atoms with E-state index in [2.05, 4.69) is 18.1 Å². The second kappa shape index (κ2) is 10.5. The fourth-order valence-electron chi connectivity index (χ4n) is 3.71. The van der Waals surface area contributed by atoms with Crippen LogP contribution >= 0.6 is 0 Å². The molecule has 0 bridgehead atoms. The van der Waals surface area contributed by atoms with Crippen LogP contribution in [0.1, 0.15) is 25.8 Å². The maximum absolute atomic E-state index is 13.5. The Morgan fingerprint density at radius 3 is 2.41 bits per heavy atom. The lowest BCUT2D eigenvalue weighted by Crippen LogP contribution is -2.39. The Kier molecular flexibility index (Phi) is 7.68. The van der Waals surface area contributed by atoms with Gasteiger partial charge in [0.1, 0.15) is 11.6 Å². The van der Waals surface area contributed by atoms with E-state index in [0.717, 1.165) is 10.1 Å². The molecule has 180 valence electrons. The van der Waals surface area contributed by atoms with Gasteiger partial charge >= 0.3 is 11.7 Å². The second-order valence-corrected chi connectivity index (χ2v) is 8.14. The highest BCUT2D eigenvalue weighted by molar-refractivity contribution is 5.72. The van der Waals surface area contributed by atoms with E-state index >= 15 is 0 Å². The van der Waals surface area contributed by atoms with E-state index in [0.29, 0.717) is 11.3 Å². The summed E-state index contributed by atoms with van der Waals surface area (Å²) in [4.78, 5) is 30.7. The van der Waals surface area contributed by atoms with Gasteiger partial charge in [-0.3, -0.25) is 18.5 Å². The van der Waals surface area contributed by atoms with Crippen molar-refractivity contribution in [1.29, 1.82) is 0 Å². The zero-order valence-electron chi connectivity index (χ0n) is 19.6. The summed E-state index contributed by atoms with van der Waals surface area (Å²) in [6.07, 6.45) is 3.46. The minimum Gasteiger partial charge on any atom is -0.425 e. The lowest BCUT2D eigenvalue weighted by atomic mass is 10.0. The van der Waals surface area contributed by atoms with Gasteiger partial charge in [-0.05, 0) is 41.7 Å². The lowest BCUT2D eigenvalue weighted by molar-refractivity contribution is 0.277. The largest absolute Gasteiger partial charge is 0.425 e. The van der Waals surface area contributed by atoms with Gasteiger partial charge in [0.05, 0.1) is 6.54 Å². The summed E-state index contributed by atoms with van der Waals surface area (Å²) in [5.41, 5.74) is 0.723. The first kappa shape index (κ1) is 24.9. The molecule has 8 nitrogen and oxygen atoms in total. The van der Waals surface area contributed by atoms with Gasteiger partial charge in [0.15, 0.2) is 11.2 Å².